The van der Waals surface area contributed by atoms with Crippen molar-refractivity contribution >= 4 is 29.0 Å². The van der Waals surface area contributed by atoms with E-state index in [0.717, 1.165) is 36.6 Å². The number of hydrogen-bond donors (Lipinski definition) is 1. The van der Waals surface area contributed by atoms with Crippen LogP contribution in [0.25, 0.3) is 10.7 Å². The number of rotatable bonds is 4. The van der Waals surface area contributed by atoms with Crippen molar-refractivity contribution in [1.82, 2.24) is 20.1 Å². The largest absolute Gasteiger partial charge is 0.342 e. The van der Waals surface area contributed by atoms with Crippen molar-refractivity contribution in [2.45, 2.75) is 30.2 Å². The van der Waals surface area contributed by atoms with E-state index >= 15 is 0 Å². The number of carbonyl (C=O) groups excluding carboxylic acids is 1. The number of carbonyl (C=O) groups is 1. The summed E-state index contributed by atoms with van der Waals surface area (Å²) in [4.78, 5) is 19.7. The first-order chi connectivity index (χ1) is 9.74. The van der Waals surface area contributed by atoms with Crippen molar-refractivity contribution in [2.24, 2.45) is 0 Å². The van der Waals surface area contributed by atoms with Gasteiger partial charge in [0.05, 0.1) is 10.1 Å². The van der Waals surface area contributed by atoms with E-state index in [2.05, 4.69) is 15.2 Å². The first-order valence-electron chi connectivity index (χ1n) is 6.66. The Hall–Kier alpha value is -1.34. The number of thiophene rings is 1. The van der Waals surface area contributed by atoms with Crippen molar-refractivity contribution in [3.05, 3.63) is 17.5 Å². The lowest BCUT2D eigenvalue weighted by atomic mass is 10.4. The molecular weight excluding hydrogens is 292 g/mol. The molecule has 3 heterocycles. The summed E-state index contributed by atoms with van der Waals surface area (Å²) in [6.07, 6.45) is 2.23. The average Bonchev–Trinajstić information content (AvgIpc) is 3.19. The van der Waals surface area contributed by atoms with Gasteiger partial charge >= 0.3 is 0 Å². The van der Waals surface area contributed by atoms with Gasteiger partial charge in [0.1, 0.15) is 0 Å². The Labute approximate surface area is 125 Å². The van der Waals surface area contributed by atoms with E-state index in [0.29, 0.717) is 5.16 Å². The van der Waals surface area contributed by atoms with Crippen molar-refractivity contribution in [2.75, 3.05) is 13.1 Å². The van der Waals surface area contributed by atoms with E-state index < -0.39 is 0 Å². The molecule has 0 spiro atoms. The van der Waals surface area contributed by atoms with Crippen LogP contribution in [-0.4, -0.2) is 44.3 Å². The maximum atomic E-state index is 12.2. The predicted molar refractivity (Wildman–Crippen MR) is 80.8 cm³/mol. The van der Waals surface area contributed by atoms with Crippen LogP contribution in [0.5, 0.6) is 0 Å². The van der Waals surface area contributed by atoms with Crippen LogP contribution in [0.15, 0.2) is 22.7 Å². The summed E-state index contributed by atoms with van der Waals surface area (Å²) in [5.41, 5.74) is 0. The standard InChI is InChI=1S/C13H16N4OS2/c1-9(12(18)17-6-2-3-7-17)20-13-14-11(15-16-13)10-5-4-8-19-10/h4-5,8-9H,2-3,6-7H2,1H3,(H,14,15,16)/t9-/m1/s1. The van der Waals surface area contributed by atoms with Gasteiger partial charge in [-0.2, -0.15) is 0 Å². The molecule has 1 amide bonds. The molecule has 1 atom stereocenters. The third-order valence-electron chi connectivity index (χ3n) is 3.27. The summed E-state index contributed by atoms with van der Waals surface area (Å²) < 4.78 is 0. The minimum Gasteiger partial charge on any atom is -0.342 e. The Morgan fingerprint density at radius 2 is 2.30 bits per heavy atom. The Morgan fingerprint density at radius 3 is 3.00 bits per heavy atom. The van der Waals surface area contributed by atoms with Crippen LogP contribution < -0.4 is 0 Å². The quantitative estimate of drug-likeness (QED) is 0.882. The lowest BCUT2D eigenvalue weighted by Crippen LogP contribution is -2.34. The van der Waals surface area contributed by atoms with E-state index in [1.54, 1.807) is 11.3 Å². The summed E-state index contributed by atoms with van der Waals surface area (Å²) in [5, 5.41) is 9.61. The number of nitrogens with zero attached hydrogens (tertiary/aromatic N) is 3. The molecule has 1 saturated heterocycles. The molecule has 106 valence electrons. The van der Waals surface area contributed by atoms with E-state index in [-0.39, 0.29) is 11.2 Å². The number of aromatic amines is 1. The topological polar surface area (TPSA) is 61.9 Å². The number of likely N-dealkylation sites (tertiary alicyclic amines) is 1. The second-order valence-electron chi connectivity index (χ2n) is 4.74. The summed E-state index contributed by atoms with van der Waals surface area (Å²) in [7, 11) is 0. The molecule has 2 aromatic rings. The maximum absolute atomic E-state index is 12.2. The fourth-order valence-corrected chi connectivity index (χ4v) is 3.70. The molecule has 3 rings (SSSR count). The Balaban J connectivity index is 1.64. The third-order valence-corrected chi connectivity index (χ3v) is 5.09. The van der Waals surface area contributed by atoms with E-state index in [1.165, 1.54) is 11.8 Å². The van der Waals surface area contributed by atoms with Crippen LogP contribution in [0.4, 0.5) is 0 Å². The molecule has 0 unspecified atom stereocenters. The fourth-order valence-electron chi connectivity index (χ4n) is 2.23. The zero-order valence-corrected chi connectivity index (χ0v) is 12.8. The van der Waals surface area contributed by atoms with Gasteiger partial charge in [0.25, 0.3) is 0 Å². The van der Waals surface area contributed by atoms with Gasteiger partial charge in [-0.1, -0.05) is 17.8 Å². The molecule has 20 heavy (non-hydrogen) atoms. The molecule has 0 radical (unpaired) electrons. The van der Waals surface area contributed by atoms with Gasteiger partial charge in [-0.15, -0.1) is 16.4 Å². The molecule has 0 aliphatic carbocycles. The van der Waals surface area contributed by atoms with E-state index in [1.807, 2.05) is 29.3 Å². The minimum absolute atomic E-state index is 0.139. The number of nitrogens with one attached hydrogen (secondary N) is 1. The molecule has 1 aliphatic heterocycles. The summed E-state index contributed by atoms with van der Waals surface area (Å²) in [6, 6.07) is 3.98. The molecule has 7 heteroatoms. The van der Waals surface area contributed by atoms with E-state index in [9.17, 15) is 4.79 Å². The van der Waals surface area contributed by atoms with Crippen LogP contribution in [0.2, 0.25) is 0 Å². The van der Waals surface area contributed by atoms with Crippen LogP contribution >= 0.6 is 23.1 Å². The summed E-state index contributed by atoms with van der Waals surface area (Å²) in [5.74, 6) is 0.957. The van der Waals surface area contributed by atoms with Crippen LogP contribution in [0.1, 0.15) is 19.8 Å². The highest BCUT2D eigenvalue weighted by atomic mass is 32.2. The van der Waals surface area contributed by atoms with Crippen molar-refractivity contribution < 1.29 is 4.79 Å². The first-order valence-corrected chi connectivity index (χ1v) is 8.41. The van der Waals surface area contributed by atoms with Crippen molar-refractivity contribution in [3.8, 4) is 10.7 Å². The minimum atomic E-state index is -0.139. The lowest BCUT2D eigenvalue weighted by molar-refractivity contribution is -0.129. The second kappa shape index (κ2) is 5.97. The lowest BCUT2D eigenvalue weighted by Gasteiger charge is -2.18. The van der Waals surface area contributed by atoms with Crippen molar-refractivity contribution in [1.29, 1.82) is 0 Å². The van der Waals surface area contributed by atoms with Gasteiger partial charge in [0.15, 0.2) is 5.82 Å². The second-order valence-corrected chi connectivity index (χ2v) is 6.99. The van der Waals surface area contributed by atoms with Gasteiger partial charge in [0, 0.05) is 13.1 Å². The average molecular weight is 308 g/mol. The third kappa shape index (κ3) is 2.88. The predicted octanol–water partition coefficient (Wildman–Crippen LogP) is 2.64. The molecule has 0 bridgehead atoms. The summed E-state index contributed by atoms with van der Waals surface area (Å²) >= 11 is 3.03. The SMILES string of the molecule is C[C@@H](Sc1n[nH]c(-c2cccs2)n1)C(=O)N1CCCC1. The Morgan fingerprint density at radius 1 is 1.50 bits per heavy atom. The van der Waals surface area contributed by atoms with Crippen LogP contribution in [0, 0.1) is 0 Å². The maximum Gasteiger partial charge on any atom is 0.235 e. The number of thioether (sulfide) groups is 1. The highest BCUT2D eigenvalue weighted by molar-refractivity contribution is 8.00. The number of amides is 1. The van der Waals surface area contributed by atoms with Gasteiger partial charge in [-0.25, -0.2) is 4.98 Å². The molecule has 2 aromatic heterocycles. The molecule has 0 aromatic carbocycles. The molecule has 1 aliphatic rings. The number of aromatic nitrogens is 3. The van der Waals surface area contributed by atoms with Gasteiger partial charge in [0.2, 0.25) is 11.1 Å². The Kier molecular flexibility index (Phi) is 4.07. The summed E-state index contributed by atoms with van der Waals surface area (Å²) in [6.45, 7) is 3.70. The smallest absolute Gasteiger partial charge is 0.235 e. The van der Waals surface area contributed by atoms with E-state index in [4.69, 9.17) is 0 Å². The monoisotopic (exact) mass is 308 g/mol. The normalized spacial score (nSPS) is 16.6. The van der Waals surface area contributed by atoms with Crippen LogP contribution in [0.3, 0.4) is 0 Å². The fraction of sp³-hybridized carbons (Fsp3) is 0.462. The number of hydrogen-bond acceptors (Lipinski definition) is 5. The van der Waals surface area contributed by atoms with Gasteiger partial charge in [-0.05, 0) is 31.2 Å². The van der Waals surface area contributed by atoms with Crippen molar-refractivity contribution in [3.63, 3.8) is 0 Å². The Bertz CT molecular complexity index is 575. The van der Waals surface area contributed by atoms with Gasteiger partial charge < -0.3 is 4.90 Å². The molecule has 5 nitrogen and oxygen atoms in total. The van der Waals surface area contributed by atoms with Crippen LogP contribution in [-0.2, 0) is 4.79 Å². The zero-order valence-electron chi connectivity index (χ0n) is 11.2. The highest BCUT2D eigenvalue weighted by Crippen LogP contribution is 2.26. The molecule has 1 fully saturated rings. The molecule has 1 N–H and O–H groups in total. The zero-order chi connectivity index (χ0) is 13.9. The number of H-pyrrole nitrogens is 1. The molecular formula is C13H16N4OS2. The van der Waals surface area contributed by atoms with Gasteiger partial charge in [-0.3, -0.25) is 9.89 Å². The highest BCUT2D eigenvalue weighted by Gasteiger charge is 2.25. The first kappa shape index (κ1) is 13.6. The molecule has 0 saturated carbocycles.